The number of nitrogens with zero attached hydrogens (tertiary/aromatic N) is 1. The largest absolute Gasteiger partial charge is 0.490 e. The number of rotatable bonds is 6. The second-order valence-corrected chi connectivity index (χ2v) is 11.1. The third-order valence-electron chi connectivity index (χ3n) is 5.25. The van der Waals surface area contributed by atoms with E-state index in [1.807, 2.05) is 27.7 Å². The summed E-state index contributed by atoms with van der Waals surface area (Å²) >= 11 is 0. The van der Waals surface area contributed by atoms with Gasteiger partial charge in [-0.15, -0.1) is 0 Å². The molecule has 2 aromatic rings. The number of sulfonamides is 1. The number of carbonyl (C=O) groups is 2. The van der Waals surface area contributed by atoms with E-state index < -0.39 is 15.4 Å². The number of fused-ring (bicyclic) bond motifs is 1. The molecular formula is C24H31N3O5S. The fourth-order valence-corrected chi connectivity index (χ4v) is 4.97. The van der Waals surface area contributed by atoms with Crippen molar-refractivity contribution in [2.24, 2.45) is 11.3 Å². The van der Waals surface area contributed by atoms with Crippen molar-refractivity contribution in [3.05, 3.63) is 42.0 Å². The predicted octanol–water partition coefficient (Wildman–Crippen LogP) is 4.16. The summed E-state index contributed by atoms with van der Waals surface area (Å²) < 4.78 is 34.7. The first-order chi connectivity index (χ1) is 15.3. The minimum atomic E-state index is -3.91. The highest BCUT2D eigenvalue weighted by Crippen LogP contribution is 2.39. The van der Waals surface area contributed by atoms with Gasteiger partial charge in [0.25, 0.3) is 10.0 Å². The standard InChI is InChI=1S/C24H31N3O5S/c1-15(2)13-27-20-12-19(7-9-21(20)32-14-24(5,6)23(27)29)26-33(30,31)22-10-8-18(11-16(22)3)25-17(4)28/h7-12,15,26H,13-14H2,1-6H3,(H,25,28). The Kier molecular flexibility index (Phi) is 6.74. The quantitative estimate of drug-likeness (QED) is 0.655. The summed E-state index contributed by atoms with van der Waals surface area (Å²) in [5.74, 6) is 0.438. The lowest BCUT2D eigenvalue weighted by Crippen LogP contribution is -2.43. The normalized spacial score (nSPS) is 15.5. The number of aryl methyl sites for hydroxylation is 1. The van der Waals surface area contributed by atoms with Crippen molar-refractivity contribution >= 4 is 38.9 Å². The smallest absolute Gasteiger partial charge is 0.262 e. The zero-order chi connectivity index (χ0) is 24.6. The van der Waals surface area contributed by atoms with E-state index in [1.54, 1.807) is 42.2 Å². The van der Waals surface area contributed by atoms with Crippen molar-refractivity contribution in [3.63, 3.8) is 0 Å². The number of carbonyl (C=O) groups excluding carboxylic acids is 2. The van der Waals surface area contributed by atoms with Crippen LogP contribution in [0.3, 0.4) is 0 Å². The second kappa shape index (κ2) is 9.05. The lowest BCUT2D eigenvalue weighted by Gasteiger charge is -2.29. The summed E-state index contributed by atoms with van der Waals surface area (Å²) in [5.41, 5.74) is 1.17. The number of benzene rings is 2. The third-order valence-corrected chi connectivity index (χ3v) is 6.79. The van der Waals surface area contributed by atoms with E-state index in [9.17, 15) is 18.0 Å². The molecule has 0 aliphatic carbocycles. The van der Waals surface area contributed by atoms with Crippen molar-refractivity contribution in [3.8, 4) is 5.75 Å². The summed E-state index contributed by atoms with van der Waals surface area (Å²) in [6.45, 7) is 11.5. The van der Waals surface area contributed by atoms with Gasteiger partial charge in [-0.1, -0.05) is 13.8 Å². The third kappa shape index (κ3) is 5.47. The maximum atomic E-state index is 13.2. The molecule has 0 saturated carbocycles. The molecule has 0 bridgehead atoms. The van der Waals surface area contributed by atoms with Gasteiger partial charge < -0.3 is 15.0 Å². The van der Waals surface area contributed by atoms with Crippen LogP contribution in [0.15, 0.2) is 41.3 Å². The lowest BCUT2D eigenvalue weighted by molar-refractivity contribution is -0.127. The average Bonchev–Trinajstić information content (AvgIpc) is 2.77. The van der Waals surface area contributed by atoms with Gasteiger partial charge in [-0.25, -0.2) is 8.42 Å². The molecule has 1 aliphatic heterocycles. The first-order valence-corrected chi connectivity index (χ1v) is 12.3. The van der Waals surface area contributed by atoms with E-state index in [4.69, 9.17) is 4.74 Å². The molecule has 1 heterocycles. The zero-order valence-electron chi connectivity index (χ0n) is 19.9. The summed E-state index contributed by atoms with van der Waals surface area (Å²) in [6.07, 6.45) is 0. The predicted molar refractivity (Wildman–Crippen MR) is 129 cm³/mol. The van der Waals surface area contributed by atoms with E-state index >= 15 is 0 Å². The molecule has 1 aliphatic rings. The fourth-order valence-electron chi connectivity index (χ4n) is 3.70. The SMILES string of the molecule is CC(=O)Nc1ccc(S(=O)(=O)Nc2ccc3c(c2)N(CC(C)C)C(=O)C(C)(C)CO3)c(C)c1. The number of hydrogen-bond acceptors (Lipinski definition) is 5. The van der Waals surface area contributed by atoms with Crippen LogP contribution >= 0.6 is 0 Å². The molecule has 2 amide bonds. The minimum Gasteiger partial charge on any atom is -0.490 e. The van der Waals surface area contributed by atoms with Crippen LogP contribution < -0.4 is 19.7 Å². The number of hydrogen-bond donors (Lipinski definition) is 2. The number of ether oxygens (including phenoxy) is 1. The van der Waals surface area contributed by atoms with Crippen molar-refractivity contribution in [2.75, 3.05) is 28.1 Å². The minimum absolute atomic E-state index is 0.0700. The van der Waals surface area contributed by atoms with Gasteiger partial charge in [0.15, 0.2) is 0 Å². The molecule has 9 heteroatoms. The van der Waals surface area contributed by atoms with E-state index in [0.29, 0.717) is 34.9 Å². The molecule has 2 N–H and O–H groups in total. The molecule has 0 unspecified atom stereocenters. The average molecular weight is 474 g/mol. The topological polar surface area (TPSA) is 105 Å². The molecule has 0 aromatic heterocycles. The Labute approximate surface area is 195 Å². The van der Waals surface area contributed by atoms with Crippen LogP contribution in [0.25, 0.3) is 0 Å². The van der Waals surface area contributed by atoms with Crippen LogP contribution in [0.1, 0.15) is 40.2 Å². The Bertz CT molecular complexity index is 1190. The van der Waals surface area contributed by atoms with Gasteiger partial charge in [0.1, 0.15) is 12.4 Å². The molecule has 178 valence electrons. The van der Waals surface area contributed by atoms with E-state index in [1.165, 1.54) is 13.0 Å². The van der Waals surface area contributed by atoms with Crippen LogP contribution in [0, 0.1) is 18.3 Å². The van der Waals surface area contributed by atoms with Crippen LogP contribution in [0.2, 0.25) is 0 Å². The summed E-state index contributed by atoms with van der Waals surface area (Å²) in [7, 11) is -3.91. The van der Waals surface area contributed by atoms with Gasteiger partial charge in [-0.3, -0.25) is 14.3 Å². The molecule has 2 aromatic carbocycles. The summed E-state index contributed by atoms with van der Waals surface area (Å²) in [5, 5.41) is 2.64. The molecule has 0 spiro atoms. The summed E-state index contributed by atoms with van der Waals surface area (Å²) in [6, 6.07) is 9.53. The Balaban J connectivity index is 1.96. The highest BCUT2D eigenvalue weighted by Gasteiger charge is 2.38. The Morgan fingerprint density at radius 2 is 1.82 bits per heavy atom. The van der Waals surface area contributed by atoms with Crippen LogP contribution in [-0.2, 0) is 19.6 Å². The van der Waals surface area contributed by atoms with Gasteiger partial charge in [-0.2, -0.15) is 0 Å². The number of amides is 2. The van der Waals surface area contributed by atoms with Gasteiger partial charge in [0.2, 0.25) is 11.8 Å². The van der Waals surface area contributed by atoms with Crippen molar-refractivity contribution < 1.29 is 22.7 Å². The Morgan fingerprint density at radius 1 is 1.15 bits per heavy atom. The van der Waals surface area contributed by atoms with Crippen molar-refractivity contribution in [1.29, 1.82) is 0 Å². The molecule has 3 rings (SSSR count). The Morgan fingerprint density at radius 3 is 2.42 bits per heavy atom. The summed E-state index contributed by atoms with van der Waals surface area (Å²) in [4.78, 5) is 26.3. The maximum Gasteiger partial charge on any atom is 0.262 e. The van der Waals surface area contributed by atoms with E-state index in [2.05, 4.69) is 10.0 Å². The lowest BCUT2D eigenvalue weighted by atomic mass is 9.92. The molecule has 8 nitrogen and oxygen atoms in total. The van der Waals surface area contributed by atoms with Crippen LogP contribution in [-0.4, -0.2) is 33.4 Å². The van der Waals surface area contributed by atoms with Crippen LogP contribution in [0.4, 0.5) is 17.1 Å². The number of anilines is 3. The van der Waals surface area contributed by atoms with Gasteiger partial charge in [0, 0.05) is 19.2 Å². The molecule has 0 fully saturated rings. The fraction of sp³-hybridized carbons (Fsp3) is 0.417. The van der Waals surface area contributed by atoms with Gasteiger partial charge in [0.05, 0.1) is 21.7 Å². The molecule has 0 saturated heterocycles. The highest BCUT2D eigenvalue weighted by atomic mass is 32.2. The van der Waals surface area contributed by atoms with Crippen molar-refractivity contribution in [1.82, 2.24) is 0 Å². The van der Waals surface area contributed by atoms with Gasteiger partial charge in [-0.05, 0) is 68.7 Å². The first-order valence-electron chi connectivity index (χ1n) is 10.8. The van der Waals surface area contributed by atoms with Gasteiger partial charge >= 0.3 is 0 Å². The molecule has 33 heavy (non-hydrogen) atoms. The number of nitrogens with one attached hydrogen (secondary N) is 2. The monoisotopic (exact) mass is 473 g/mol. The zero-order valence-corrected chi connectivity index (χ0v) is 20.7. The molecular weight excluding hydrogens is 442 g/mol. The molecule has 0 atom stereocenters. The van der Waals surface area contributed by atoms with Crippen molar-refractivity contribution in [2.45, 2.75) is 46.4 Å². The van der Waals surface area contributed by atoms with E-state index in [0.717, 1.165) is 0 Å². The Hall–Kier alpha value is -3.07. The molecule has 0 radical (unpaired) electrons. The maximum absolute atomic E-state index is 13.2. The van der Waals surface area contributed by atoms with Crippen LogP contribution in [0.5, 0.6) is 5.75 Å². The van der Waals surface area contributed by atoms with E-state index in [-0.39, 0.29) is 29.2 Å². The highest BCUT2D eigenvalue weighted by molar-refractivity contribution is 7.92. The first kappa shape index (κ1) is 24.6. The second-order valence-electron chi connectivity index (χ2n) is 9.43.